The number of nitrogen functional groups attached to an aromatic ring is 1. The molecule has 0 heterocycles. The van der Waals surface area contributed by atoms with Gasteiger partial charge in [0.2, 0.25) is 0 Å². The molecule has 0 bridgehead atoms. The molecular weight excluding hydrogens is 194 g/mol. The number of carbonyl (C=O) groups is 2. The molecule has 0 atom stereocenters. The van der Waals surface area contributed by atoms with Crippen molar-refractivity contribution < 1.29 is 14.7 Å². The van der Waals surface area contributed by atoms with Gasteiger partial charge in [0.05, 0.1) is 10.7 Å². The first kappa shape index (κ1) is 9.54. The number of halogens is 1. The van der Waals surface area contributed by atoms with Gasteiger partial charge in [-0.05, 0) is 12.1 Å². The largest absolute Gasteiger partial charge is 0.561 e. The maximum absolute atomic E-state index is 10.7. The Morgan fingerprint density at radius 3 is 2.62 bits per heavy atom. The lowest BCUT2D eigenvalue weighted by atomic mass is 10.1. The average molecular weight is 201 g/mol. The number of benzene rings is 1. The molecule has 4 N–H and O–H groups in total. The first-order valence-electron chi connectivity index (χ1n) is 3.36. The van der Waals surface area contributed by atoms with E-state index in [-0.39, 0.29) is 21.8 Å². The summed E-state index contributed by atoms with van der Waals surface area (Å²) < 4.78 is 0. The Labute approximate surface area is 78.9 Å². The number of rotatable bonds is 2. The Bertz CT molecular complexity index is 376. The molecule has 1 rings (SSSR count). The van der Waals surface area contributed by atoms with Crippen LogP contribution in [0.2, 0.25) is 5.02 Å². The van der Waals surface area contributed by atoms with Crippen LogP contribution in [0.15, 0.2) is 12.1 Å². The van der Waals surface area contributed by atoms with Gasteiger partial charge in [-0.25, -0.2) is 0 Å². The van der Waals surface area contributed by atoms with Crippen LogP contribution in [0.3, 0.4) is 0 Å². The van der Waals surface area contributed by atoms with Crippen LogP contribution in [-0.2, 0) is 0 Å². The molecule has 0 aliphatic rings. The van der Waals surface area contributed by atoms with Crippen LogP contribution in [0.5, 0.6) is 0 Å². The van der Waals surface area contributed by atoms with Gasteiger partial charge in [-0.2, -0.15) is 0 Å². The van der Waals surface area contributed by atoms with Crippen molar-refractivity contribution in [1.29, 1.82) is 0 Å². The summed E-state index contributed by atoms with van der Waals surface area (Å²) in [5.74, 6) is -0.955. The summed E-state index contributed by atoms with van der Waals surface area (Å²) in [5, 5.41) is 7.00. The summed E-state index contributed by atoms with van der Waals surface area (Å²) in [5.41, 5.74) is 5.67. The lowest BCUT2D eigenvalue weighted by Gasteiger charge is -2.00. The van der Waals surface area contributed by atoms with Crippen molar-refractivity contribution in [3.63, 3.8) is 0 Å². The zero-order valence-corrected chi connectivity index (χ0v) is 7.26. The summed E-state index contributed by atoms with van der Waals surface area (Å²) in [4.78, 5) is 21.2. The summed E-state index contributed by atoms with van der Waals surface area (Å²) >= 11 is 5.61. The first-order chi connectivity index (χ1) is 6.06. The zero-order valence-electron chi connectivity index (χ0n) is 6.50. The molecule has 0 radical (unpaired) electrons. The topological polar surface area (TPSA) is 83.1 Å². The van der Waals surface area contributed by atoms with E-state index in [9.17, 15) is 9.59 Å². The molecule has 0 saturated carbocycles. The van der Waals surface area contributed by atoms with Gasteiger partial charge in [0.15, 0.2) is 6.29 Å². The Kier molecular flexibility index (Phi) is 2.53. The van der Waals surface area contributed by atoms with Crippen molar-refractivity contribution in [3.05, 3.63) is 28.3 Å². The van der Waals surface area contributed by atoms with Gasteiger partial charge in [0.1, 0.15) is 5.56 Å². The fraction of sp³-hybridized carbons (Fsp3) is 0. The summed E-state index contributed by atoms with van der Waals surface area (Å²) in [6.45, 7) is 0. The van der Waals surface area contributed by atoms with Crippen molar-refractivity contribution in [2.24, 2.45) is 0 Å². The maximum Gasteiger partial charge on any atom is 0.549 e. The van der Waals surface area contributed by atoms with Crippen LogP contribution in [0, 0.1) is 0 Å². The number of carbonyl (C=O) groups excluding carboxylic acids is 2. The molecule has 5 heteroatoms. The van der Waals surface area contributed by atoms with Crippen LogP contribution in [0.1, 0.15) is 20.7 Å². The smallest absolute Gasteiger partial charge is 0.549 e. The second-order valence-electron chi connectivity index (χ2n) is 2.41. The Balaban J connectivity index is 3.41. The van der Waals surface area contributed by atoms with E-state index in [1.807, 2.05) is 0 Å². The minimum Gasteiger partial charge on any atom is -0.561 e. The van der Waals surface area contributed by atoms with E-state index < -0.39 is 5.97 Å². The third-order valence-electron chi connectivity index (χ3n) is 1.54. The lowest BCUT2D eigenvalue weighted by molar-refractivity contribution is 0.0694. The molecule has 0 aromatic heterocycles. The molecule has 0 aliphatic carbocycles. The number of hydrogen-bond acceptors (Lipinski definition) is 3. The number of nitrogens with two attached hydrogens (primary N) is 1. The maximum atomic E-state index is 10.7. The Morgan fingerprint density at radius 2 is 2.15 bits per heavy atom. The molecule has 13 heavy (non-hydrogen) atoms. The quantitative estimate of drug-likeness (QED) is 0.431. The van der Waals surface area contributed by atoms with Crippen LogP contribution in [-0.4, -0.2) is 17.4 Å². The first-order valence-corrected chi connectivity index (χ1v) is 3.74. The highest BCUT2D eigenvalue weighted by molar-refractivity contribution is 6.33. The fourth-order valence-electron chi connectivity index (χ4n) is 0.902. The molecular formula is C8H7ClNO3+. The third-order valence-corrected chi connectivity index (χ3v) is 1.87. The van der Waals surface area contributed by atoms with Gasteiger partial charge >= 0.3 is 5.97 Å². The van der Waals surface area contributed by atoms with E-state index in [0.29, 0.717) is 6.29 Å². The van der Waals surface area contributed by atoms with Crippen molar-refractivity contribution in [2.45, 2.75) is 0 Å². The van der Waals surface area contributed by atoms with Crippen molar-refractivity contribution in [3.8, 4) is 0 Å². The highest BCUT2D eigenvalue weighted by atomic mass is 35.5. The molecule has 0 amide bonds. The summed E-state index contributed by atoms with van der Waals surface area (Å²) in [7, 11) is 0. The molecule has 0 fully saturated rings. The Morgan fingerprint density at radius 1 is 1.54 bits per heavy atom. The predicted molar refractivity (Wildman–Crippen MR) is 49.2 cm³/mol. The highest BCUT2D eigenvalue weighted by Crippen LogP contribution is 2.22. The van der Waals surface area contributed by atoms with Gasteiger partial charge < -0.3 is 10.8 Å². The van der Waals surface area contributed by atoms with Crippen LogP contribution in [0.4, 0.5) is 5.69 Å². The lowest BCUT2D eigenvalue weighted by Crippen LogP contribution is -2.03. The molecule has 4 nitrogen and oxygen atoms in total. The number of hydrogen-bond donors (Lipinski definition) is 1. The van der Waals surface area contributed by atoms with Crippen LogP contribution in [0.25, 0.3) is 0 Å². The number of aldehydes is 1. The van der Waals surface area contributed by atoms with Crippen molar-refractivity contribution in [1.82, 2.24) is 0 Å². The van der Waals surface area contributed by atoms with E-state index in [1.54, 1.807) is 0 Å². The fourth-order valence-corrected chi connectivity index (χ4v) is 1.07. The van der Waals surface area contributed by atoms with E-state index in [1.165, 1.54) is 12.1 Å². The van der Waals surface area contributed by atoms with Crippen LogP contribution >= 0.6 is 11.6 Å². The molecule has 0 saturated heterocycles. The molecule has 0 spiro atoms. The number of anilines is 1. The second kappa shape index (κ2) is 3.45. The molecule has 0 aliphatic heterocycles. The van der Waals surface area contributed by atoms with Crippen molar-refractivity contribution >= 4 is 29.5 Å². The minimum absolute atomic E-state index is 0.0331. The molecule has 1 aromatic rings. The molecule has 0 unspecified atom stereocenters. The minimum atomic E-state index is -0.955. The van der Waals surface area contributed by atoms with Gasteiger partial charge in [0.25, 0.3) is 0 Å². The summed E-state index contributed by atoms with van der Waals surface area (Å²) in [6, 6.07) is 2.49. The third kappa shape index (κ3) is 1.78. The highest BCUT2D eigenvalue weighted by Gasteiger charge is 2.18. The van der Waals surface area contributed by atoms with E-state index >= 15 is 0 Å². The predicted octanol–water partition coefficient (Wildman–Crippen LogP) is 0.599. The Hall–Kier alpha value is -1.55. The zero-order chi connectivity index (χ0) is 10.0. The van der Waals surface area contributed by atoms with Gasteiger partial charge in [-0.1, -0.05) is 11.6 Å². The monoisotopic (exact) mass is 200 g/mol. The van der Waals surface area contributed by atoms with E-state index in [2.05, 4.69) is 0 Å². The summed E-state index contributed by atoms with van der Waals surface area (Å²) in [6.07, 6.45) is 0.467. The molecule has 1 aromatic carbocycles. The van der Waals surface area contributed by atoms with Crippen LogP contribution < -0.4 is 5.73 Å². The molecule has 68 valence electrons. The van der Waals surface area contributed by atoms with Gasteiger partial charge in [-0.15, -0.1) is 0 Å². The van der Waals surface area contributed by atoms with E-state index in [0.717, 1.165) is 0 Å². The van der Waals surface area contributed by atoms with Gasteiger partial charge in [0, 0.05) is 10.4 Å². The normalized spacial score (nSPS) is 9.62. The standard InChI is InChI=1S/C8H6ClNO3/c9-6-2-5(8(12)13)4(3-11)1-7(6)10/h1-3H,10H2,(H,12,13)/p+1. The average Bonchev–Trinajstić information content (AvgIpc) is 2.08. The SMILES string of the molecule is Nc1cc(C=O)c(C(=O)[OH2+])cc1Cl. The second-order valence-corrected chi connectivity index (χ2v) is 2.82. The van der Waals surface area contributed by atoms with E-state index in [4.69, 9.17) is 22.4 Å². The van der Waals surface area contributed by atoms with Gasteiger partial charge in [-0.3, -0.25) is 4.79 Å². The van der Waals surface area contributed by atoms with Crippen molar-refractivity contribution in [2.75, 3.05) is 5.73 Å².